The van der Waals surface area contributed by atoms with E-state index in [2.05, 4.69) is 4.98 Å². The Balaban J connectivity index is 1.44. The number of pyridine rings is 1. The molecule has 6 heteroatoms. The van der Waals surface area contributed by atoms with Gasteiger partial charge < -0.3 is 14.2 Å². The lowest BCUT2D eigenvalue weighted by Crippen LogP contribution is -2.50. The molecule has 1 aliphatic heterocycles. The second kappa shape index (κ2) is 6.39. The Labute approximate surface area is 144 Å². The summed E-state index contributed by atoms with van der Waals surface area (Å²) in [6.07, 6.45) is 1.48. The van der Waals surface area contributed by atoms with Crippen molar-refractivity contribution in [1.82, 2.24) is 14.8 Å². The first-order valence-electron chi connectivity index (χ1n) is 8.20. The summed E-state index contributed by atoms with van der Waals surface area (Å²) in [6, 6.07) is 14.7. The summed E-state index contributed by atoms with van der Waals surface area (Å²) in [5, 5.41) is 1.01. The van der Waals surface area contributed by atoms with Crippen molar-refractivity contribution < 1.29 is 14.0 Å². The number of para-hydroxylation sites is 1. The number of hydrogen-bond donors (Lipinski definition) is 0. The molecule has 0 unspecified atom stereocenters. The van der Waals surface area contributed by atoms with Crippen LogP contribution in [0.1, 0.15) is 21.0 Å². The van der Waals surface area contributed by atoms with Crippen LogP contribution < -0.4 is 0 Å². The topological polar surface area (TPSA) is 66.7 Å². The first kappa shape index (κ1) is 15.4. The molecule has 0 saturated carbocycles. The van der Waals surface area contributed by atoms with Gasteiger partial charge in [0.25, 0.3) is 11.8 Å². The van der Waals surface area contributed by atoms with Gasteiger partial charge >= 0.3 is 0 Å². The Bertz CT molecular complexity index is 913. The van der Waals surface area contributed by atoms with Crippen LogP contribution in [0.25, 0.3) is 10.9 Å². The van der Waals surface area contributed by atoms with Gasteiger partial charge in [0.15, 0.2) is 5.76 Å². The van der Waals surface area contributed by atoms with E-state index < -0.39 is 0 Å². The van der Waals surface area contributed by atoms with Gasteiger partial charge in [-0.25, -0.2) is 4.98 Å². The third kappa shape index (κ3) is 2.98. The molecule has 1 saturated heterocycles. The molecule has 1 aliphatic rings. The number of carbonyl (C=O) groups is 2. The summed E-state index contributed by atoms with van der Waals surface area (Å²) >= 11 is 0. The molecule has 3 aromatic rings. The first-order chi connectivity index (χ1) is 12.2. The molecule has 0 bridgehead atoms. The largest absolute Gasteiger partial charge is 0.459 e. The minimum atomic E-state index is -0.138. The number of hydrogen-bond acceptors (Lipinski definition) is 4. The second-order valence-corrected chi connectivity index (χ2v) is 5.95. The summed E-state index contributed by atoms with van der Waals surface area (Å²) < 4.78 is 5.15. The van der Waals surface area contributed by atoms with Gasteiger partial charge in [0.2, 0.25) is 0 Å². The molecule has 2 aromatic heterocycles. The summed E-state index contributed by atoms with van der Waals surface area (Å²) in [6.45, 7) is 1.94. The van der Waals surface area contributed by atoms with Gasteiger partial charge in [-0.1, -0.05) is 24.3 Å². The lowest BCUT2D eigenvalue weighted by atomic mass is 10.2. The average molecular weight is 335 g/mol. The Morgan fingerprint density at radius 2 is 1.56 bits per heavy atom. The standard InChI is InChI=1S/C19H17N3O3/c23-18(16-8-7-14-4-1-2-5-15(14)20-16)21-9-11-22(12-10-21)19(24)17-6-3-13-25-17/h1-8,13H,9-12H2. The molecule has 2 amide bonds. The van der Waals surface area contributed by atoms with E-state index >= 15 is 0 Å². The monoisotopic (exact) mass is 335 g/mol. The van der Waals surface area contributed by atoms with Gasteiger partial charge in [0, 0.05) is 31.6 Å². The van der Waals surface area contributed by atoms with Gasteiger partial charge in [-0.2, -0.15) is 0 Å². The minimum Gasteiger partial charge on any atom is -0.459 e. The fraction of sp³-hybridized carbons (Fsp3) is 0.211. The van der Waals surface area contributed by atoms with Crippen molar-refractivity contribution in [3.8, 4) is 0 Å². The predicted molar refractivity (Wildman–Crippen MR) is 92.3 cm³/mol. The van der Waals surface area contributed by atoms with Gasteiger partial charge in [-0.05, 0) is 24.3 Å². The van der Waals surface area contributed by atoms with Crippen molar-refractivity contribution in [1.29, 1.82) is 0 Å². The molecule has 25 heavy (non-hydrogen) atoms. The molecule has 0 aliphatic carbocycles. The highest BCUT2D eigenvalue weighted by Crippen LogP contribution is 2.15. The second-order valence-electron chi connectivity index (χ2n) is 5.95. The fourth-order valence-corrected chi connectivity index (χ4v) is 3.02. The van der Waals surface area contributed by atoms with Crippen LogP contribution in [0.2, 0.25) is 0 Å². The zero-order chi connectivity index (χ0) is 17.2. The number of rotatable bonds is 2. The quantitative estimate of drug-likeness (QED) is 0.721. The molecule has 1 fully saturated rings. The Hall–Kier alpha value is -3.15. The summed E-state index contributed by atoms with van der Waals surface area (Å²) in [7, 11) is 0. The maximum absolute atomic E-state index is 12.7. The normalized spacial score (nSPS) is 14.7. The van der Waals surface area contributed by atoms with Crippen LogP contribution in [0.15, 0.2) is 59.2 Å². The number of piperazine rings is 1. The molecule has 126 valence electrons. The smallest absolute Gasteiger partial charge is 0.289 e. The molecule has 6 nitrogen and oxygen atoms in total. The fourth-order valence-electron chi connectivity index (χ4n) is 3.02. The summed E-state index contributed by atoms with van der Waals surface area (Å²) in [5.74, 6) is 0.0905. The van der Waals surface area contributed by atoms with Gasteiger partial charge in [0.1, 0.15) is 5.69 Å². The number of aromatic nitrogens is 1. The van der Waals surface area contributed by atoms with Crippen LogP contribution in [-0.2, 0) is 0 Å². The highest BCUT2D eigenvalue weighted by Gasteiger charge is 2.27. The van der Waals surface area contributed by atoms with E-state index in [0.29, 0.717) is 37.6 Å². The van der Waals surface area contributed by atoms with Crippen molar-refractivity contribution >= 4 is 22.7 Å². The molecule has 0 spiro atoms. The van der Waals surface area contributed by atoms with Crippen molar-refractivity contribution in [3.63, 3.8) is 0 Å². The van der Waals surface area contributed by atoms with Crippen LogP contribution >= 0.6 is 0 Å². The van der Waals surface area contributed by atoms with E-state index in [0.717, 1.165) is 10.9 Å². The van der Waals surface area contributed by atoms with Crippen molar-refractivity contribution in [2.75, 3.05) is 26.2 Å². The Morgan fingerprint density at radius 1 is 0.840 bits per heavy atom. The molecule has 3 heterocycles. The van der Waals surface area contributed by atoms with Crippen LogP contribution in [0.5, 0.6) is 0 Å². The zero-order valence-corrected chi connectivity index (χ0v) is 13.6. The minimum absolute atomic E-state index is 0.101. The van der Waals surface area contributed by atoms with Gasteiger partial charge in [0.05, 0.1) is 11.8 Å². The van der Waals surface area contributed by atoms with Crippen molar-refractivity contribution in [2.45, 2.75) is 0 Å². The SMILES string of the molecule is O=C(c1ccc2ccccc2n1)N1CCN(C(=O)c2ccco2)CC1. The predicted octanol–water partition coefficient (Wildman–Crippen LogP) is 2.43. The van der Waals surface area contributed by atoms with Crippen LogP contribution in [-0.4, -0.2) is 52.8 Å². The number of fused-ring (bicyclic) bond motifs is 1. The number of furan rings is 1. The van der Waals surface area contributed by atoms with E-state index in [4.69, 9.17) is 4.42 Å². The Kier molecular flexibility index (Phi) is 3.93. The molecule has 0 N–H and O–H groups in total. The van der Waals surface area contributed by atoms with Crippen LogP contribution in [0.4, 0.5) is 0 Å². The lowest BCUT2D eigenvalue weighted by Gasteiger charge is -2.34. The molecule has 0 atom stereocenters. The number of benzene rings is 1. The van der Waals surface area contributed by atoms with E-state index in [1.807, 2.05) is 30.3 Å². The van der Waals surface area contributed by atoms with Crippen LogP contribution in [0.3, 0.4) is 0 Å². The van der Waals surface area contributed by atoms with Crippen molar-refractivity contribution in [3.05, 3.63) is 66.2 Å². The number of amides is 2. The van der Waals surface area contributed by atoms with E-state index in [9.17, 15) is 9.59 Å². The highest BCUT2D eigenvalue weighted by molar-refractivity contribution is 5.95. The third-order valence-corrected chi connectivity index (χ3v) is 4.40. The average Bonchev–Trinajstić information content (AvgIpc) is 3.21. The van der Waals surface area contributed by atoms with Crippen LogP contribution in [0, 0.1) is 0 Å². The van der Waals surface area contributed by atoms with E-state index in [1.54, 1.807) is 28.0 Å². The van der Waals surface area contributed by atoms with Gasteiger partial charge in [-0.3, -0.25) is 9.59 Å². The summed E-state index contributed by atoms with van der Waals surface area (Å²) in [5.41, 5.74) is 1.24. The zero-order valence-electron chi connectivity index (χ0n) is 13.6. The van der Waals surface area contributed by atoms with Gasteiger partial charge in [-0.15, -0.1) is 0 Å². The highest BCUT2D eigenvalue weighted by atomic mass is 16.3. The lowest BCUT2D eigenvalue weighted by molar-refractivity contribution is 0.0515. The van der Waals surface area contributed by atoms with Crippen molar-refractivity contribution in [2.24, 2.45) is 0 Å². The van der Waals surface area contributed by atoms with E-state index in [1.165, 1.54) is 6.26 Å². The maximum Gasteiger partial charge on any atom is 0.289 e. The maximum atomic E-state index is 12.7. The first-order valence-corrected chi connectivity index (χ1v) is 8.20. The molecule has 0 radical (unpaired) electrons. The third-order valence-electron chi connectivity index (χ3n) is 4.40. The Morgan fingerprint density at radius 3 is 2.28 bits per heavy atom. The molecular formula is C19H17N3O3. The summed E-state index contributed by atoms with van der Waals surface area (Å²) in [4.78, 5) is 32.9. The number of carbonyl (C=O) groups excluding carboxylic acids is 2. The molecule has 1 aromatic carbocycles. The molecular weight excluding hydrogens is 318 g/mol. The number of nitrogens with zero attached hydrogens (tertiary/aromatic N) is 3. The van der Waals surface area contributed by atoms with E-state index in [-0.39, 0.29) is 11.8 Å². The molecule has 4 rings (SSSR count).